The minimum Gasteiger partial charge on any atom is -0.478 e. The van der Waals surface area contributed by atoms with Crippen molar-refractivity contribution in [1.82, 2.24) is 0 Å². The van der Waals surface area contributed by atoms with Gasteiger partial charge in [0.25, 0.3) is 5.91 Å². The molecule has 0 saturated carbocycles. The van der Waals surface area contributed by atoms with Crippen molar-refractivity contribution < 1.29 is 28.6 Å². The molecule has 1 N–H and O–H groups in total. The molecule has 1 aliphatic rings. The maximum atomic E-state index is 13.0. The Kier molecular flexibility index (Phi) is 6.34. The predicted molar refractivity (Wildman–Crippen MR) is 127 cm³/mol. The van der Waals surface area contributed by atoms with Crippen LogP contribution in [0.25, 0.3) is 17.4 Å². The van der Waals surface area contributed by atoms with E-state index < -0.39 is 11.9 Å². The number of carbonyl (C=O) groups excluding carboxylic acids is 2. The average molecular weight is 479 g/mol. The first-order valence-corrected chi connectivity index (χ1v) is 10.7. The van der Waals surface area contributed by atoms with Crippen molar-refractivity contribution in [2.75, 3.05) is 11.6 Å². The summed E-state index contributed by atoms with van der Waals surface area (Å²) in [6.45, 7) is 3.71. The molecular weight excluding hydrogens is 460 g/mol. The van der Waals surface area contributed by atoms with Crippen LogP contribution in [0.1, 0.15) is 40.3 Å². The lowest BCUT2D eigenvalue weighted by molar-refractivity contribution is -0.114. The lowest BCUT2D eigenvalue weighted by Gasteiger charge is -2.12. The highest BCUT2D eigenvalue weighted by Crippen LogP contribution is 2.29. The molecule has 4 rings (SSSR count). The number of hydrogen-bond donors (Lipinski definition) is 1. The fourth-order valence-electron chi connectivity index (χ4n) is 3.38. The fourth-order valence-corrected chi connectivity index (χ4v) is 3.58. The van der Waals surface area contributed by atoms with Gasteiger partial charge in [0.15, 0.2) is 0 Å². The minimum atomic E-state index is -1.14. The van der Waals surface area contributed by atoms with E-state index >= 15 is 0 Å². The molecule has 0 spiro atoms. The van der Waals surface area contributed by atoms with Crippen LogP contribution >= 0.6 is 11.6 Å². The molecule has 34 heavy (non-hydrogen) atoms. The molecule has 9 heteroatoms. The zero-order valence-electron chi connectivity index (χ0n) is 18.2. The molecule has 0 aliphatic carbocycles. The van der Waals surface area contributed by atoms with Crippen LogP contribution in [0.15, 0.2) is 69.7 Å². The highest BCUT2D eigenvalue weighted by Gasteiger charge is 2.29. The molecule has 1 aliphatic heterocycles. The monoisotopic (exact) mass is 478 g/mol. The number of rotatable bonds is 6. The smallest absolute Gasteiger partial charge is 0.338 e. The molecule has 0 radical (unpaired) electrons. The number of carboxylic acids is 1. The number of amides is 1. The molecule has 2 heterocycles. The van der Waals surface area contributed by atoms with Crippen molar-refractivity contribution in [3.63, 3.8) is 0 Å². The second-order valence-electron chi connectivity index (χ2n) is 7.33. The van der Waals surface area contributed by atoms with E-state index in [1.54, 1.807) is 62.4 Å². The third-order valence-corrected chi connectivity index (χ3v) is 5.41. The highest BCUT2D eigenvalue weighted by atomic mass is 35.5. The maximum absolute atomic E-state index is 13.0. The van der Waals surface area contributed by atoms with Gasteiger partial charge >= 0.3 is 11.9 Å². The predicted octanol–water partition coefficient (Wildman–Crippen LogP) is 5.28. The Hall–Kier alpha value is -4.17. The summed E-state index contributed by atoms with van der Waals surface area (Å²) in [5.41, 5.74) is 2.23. The van der Waals surface area contributed by atoms with Gasteiger partial charge in [-0.3, -0.25) is 4.79 Å². The third-order valence-electron chi connectivity index (χ3n) is 5.08. The highest BCUT2D eigenvalue weighted by molar-refractivity contribution is 6.33. The van der Waals surface area contributed by atoms with Gasteiger partial charge in [0.1, 0.15) is 11.5 Å². The lowest BCUT2D eigenvalue weighted by atomic mass is 10.1. The summed E-state index contributed by atoms with van der Waals surface area (Å²) in [5.74, 6) is -1.10. The van der Waals surface area contributed by atoms with Gasteiger partial charge in [-0.2, -0.15) is 10.1 Å². The third kappa shape index (κ3) is 4.49. The maximum Gasteiger partial charge on any atom is 0.338 e. The largest absolute Gasteiger partial charge is 0.478 e. The Morgan fingerprint density at radius 1 is 1.15 bits per heavy atom. The average Bonchev–Trinajstić information content (AvgIpc) is 3.40. The van der Waals surface area contributed by atoms with Gasteiger partial charge in [-0.1, -0.05) is 11.6 Å². The van der Waals surface area contributed by atoms with Crippen LogP contribution in [0.4, 0.5) is 5.69 Å². The van der Waals surface area contributed by atoms with E-state index in [-0.39, 0.29) is 23.1 Å². The van der Waals surface area contributed by atoms with Gasteiger partial charge in [-0.05, 0) is 74.5 Å². The summed E-state index contributed by atoms with van der Waals surface area (Å²) in [7, 11) is 0. The minimum absolute atomic E-state index is 0.0333. The van der Waals surface area contributed by atoms with Crippen molar-refractivity contribution in [1.29, 1.82) is 0 Å². The zero-order chi connectivity index (χ0) is 24.4. The zero-order valence-corrected chi connectivity index (χ0v) is 19.0. The number of hydrogen-bond acceptors (Lipinski definition) is 6. The second-order valence-corrected chi connectivity index (χ2v) is 7.74. The van der Waals surface area contributed by atoms with Gasteiger partial charge in [-0.15, -0.1) is 0 Å². The molecule has 3 aromatic rings. The lowest BCUT2D eigenvalue weighted by Crippen LogP contribution is -2.21. The SMILES string of the molecule is CCOC(=O)c1ccc(N2N=C(C)C(=Cc3ccc(-c4ccc(Cl)c(C(=O)O)c4)o3)C2=O)cc1. The van der Waals surface area contributed by atoms with Crippen LogP contribution in [-0.4, -0.2) is 35.3 Å². The summed E-state index contributed by atoms with van der Waals surface area (Å²) in [6, 6.07) is 14.3. The van der Waals surface area contributed by atoms with Crippen LogP contribution in [0.2, 0.25) is 5.02 Å². The molecule has 0 atom stereocenters. The Morgan fingerprint density at radius 3 is 2.56 bits per heavy atom. The van der Waals surface area contributed by atoms with Crippen LogP contribution in [0.5, 0.6) is 0 Å². The van der Waals surface area contributed by atoms with Crippen molar-refractivity contribution in [2.45, 2.75) is 13.8 Å². The summed E-state index contributed by atoms with van der Waals surface area (Å²) < 4.78 is 10.8. The Bertz CT molecular complexity index is 1350. The standard InChI is InChI=1S/C25H19ClN2O6/c1-3-33-25(32)15-4-7-17(8-5-15)28-23(29)19(14(2)27-28)13-18-9-11-22(34-18)16-6-10-21(26)20(12-16)24(30)31/h4-13H,3H2,1-2H3,(H,30,31). The van der Waals surface area contributed by atoms with E-state index in [4.69, 9.17) is 20.8 Å². The number of benzene rings is 2. The number of anilines is 1. The second kappa shape index (κ2) is 9.36. The van der Waals surface area contributed by atoms with Crippen LogP contribution in [-0.2, 0) is 9.53 Å². The van der Waals surface area contributed by atoms with Gasteiger partial charge in [-0.25, -0.2) is 9.59 Å². The van der Waals surface area contributed by atoms with Crippen LogP contribution in [0.3, 0.4) is 0 Å². The van der Waals surface area contributed by atoms with E-state index in [0.717, 1.165) is 0 Å². The summed E-state index contributed by atoms with van der Waals surface area (Å²) in [4.78, 5) is 36.2. The molecule has 172 valence electrons. The number of hydrazone groups is 1. The first-order valence-electron chi connectivity index (χ1n) is 10.3. The first-order chi connectivity index (χ1) is 16.3. The molecule has 8 nitrogen and oxygen atoms in total. The van der Waals surface area contributed by atoms with Gasteiger partial charge < -0.3 is 14.3 Å². The van der Waals surface area contributed by atoms with Crippen molar-refractivity contribution in [3.8, 4) is 11.3 Å². The number of esters is 1. The Balaban J connectivity index is 1.56. The number of nitrogens with zero attached hydrogens (tertiary/aromatic N) is 2. The van der Waals surface area contributed by atoms with Gasteiger partial charge in [0, 0.05) is 5.56 Å². The Labute approximate surface area is 199 Å². The van der Waals surface area contributed by atoms with E-state index in [2.05, 4.69) is 5.10 Å². The van der Waals surface area contributed by atoms with Gasteiger partial charge in [0.05, 0.1) is 39.7 Å². The molecular formula is C25H19ClN2O6. The van der Waals surface area contributed by atoms with Crippen molar-refractivity contribution >= 4 is 46.9 Å². The topological polar surface area (TPSA) is 109 Å². The fraction of sp³-hybridized carbons (Fsp3) is 0.120. The molecule has 1 aromatic heterocycles. The normalized spacial score (nSPS) is 14.4. The first kappa shape index (κ1) is 23.0. The number of aromatic carboxylic acids is 1. The van der Waals surface area contributed by atoms with Crippen LogP contribution in [0, 0.1) is 0 Å². The summed E-state index contributed by atoms with van der Waals surface area (Å²) >= 11 is 5.93. The molecule has 2 aromatic carbocycles. The van der Waals surface area contributed by atoms with E-state index in [0.29, 0.717) is 39.6 Å². The van der Waals surface area contributed by atoms with Crippen molar-refractivity contribution in [2.24, 2.45) is 5.10 Å². The van der Waals surface area contributed by atoms with Gasteiger partial charge in [0.2, 0.25) is 0 Å². The van der Waals surface area contributed by atoms with Crippen LogP contribution < -0.4 is 5.01 Å². The van der Waals surface area contributed by atoms with E-state index in [9.17, 15) is 19.5 Å². The summed E-state index contributed by atoms with van der Waals surface area (Å²) in [5, 5.41) is 15.0. The molecule has 0 saturated heterocycles. The number of furan rings is 1. The van der Waals surface area contributed by atoms with Crippen molar-refractivity contribution in [3.05, 3.63) is 82.1 Å². The molecule has 0 unspecified atom stereocenters. The van der Waals surface area contributed by atoms with E-state index in [1.807, 2.05) is 0 Å². The summed E-state index contributed by atoms with van der Waals surface area (Å²) in [6.07, 6.45) is 1.58. The molecule has 0 fully saturated rings. The van der Waals surface area contributed by atoms with E-state index in [1.165, 1.54) is 17.1 Å². The number of ether oxygens (including phenoxy) is 1. The molecule has 1 amide bonds. The number of carboxylic acid groups (broad SMARTS) is 1. The molecule has 0 bridgehead atoms. The number of halogens is 1. The Morgan fingerprint density at radius 2 is 1.88 bits per heavy atom. The number of carbonyl (C=O) groups is 3. The quantitative estimate of drug-likeness (QED) is 0.381.